The molecule has 0 saturated heterocycles. The fourth-order valence-corrected chi connectivity index (χ4v) is 1.69. The first-order valence-electron chi connectivity index (χ1n) is 6.26. The molecule has 0 saturated carbocycles. The maximum absolute atomic E-state index is 12.0. The van der Waals surface area contributed by atoms with Crippen LogP contribution in [0.15, 0.2) is 29.3 Å². The molecule has 9 nitrogen and oxygen atoms in total. The lowest BCUT2D eigenvalue weighted by molar-refractivity contribution is -0.118. The number of hydrazine groups is 1. The van der Waals surface area contributed by atoms with E-state index in [9.17, 15) is 9.59 Å². The third kappa shape index (κ3) is 3.32. The highest BCUT2D eigenvalue weighted by Gasteiger charge is 2.09. The van der Waals surface area contributed by atoms with E-state index < -0.39 is 5.69 Å². The lowest BCUT2D eigenvalue weighted by Gasteiger charge is -2.11. The van der Waals surface area contributed by atoms with E-state index in [0.29, 0.717) is 17.2 Å². The number of rotatable bonds is 5. The molecule has 0 aliphatic heterocycles. The maximum Gasteiger partial charge on any atom is 0.356 e. The van der Waals surface area contributed by atoms with E-state index in [4.69, 9.17) is 9.47 Å². The van der Waals surface area contributed by atoms with Gasteiger partial charge in [0, 0.05) is 13.0 Å². The van der Waals surface area contributed by atoms with Crippen LogP contribution in [0.1, 0.15) is 6.92 Å². The fraction of sp³-hybridized carbons (Fsp3) is 0.231. The molecule has 0 unspecified atom stereocenters. The lowest BCUT2D eigenvalue weighted by atomic mass is 10.2. The molecule has 1 amide bonds. The van der Waals surface area contributed by atoms with Crippen molar-refractivity contribution in [2.24, 2.45) is 0 Å². The number of aromatic nitrogens is 3. The van der Waals surface area contributed by atoms with Gasteiger partial charge in [0.25, 0.3) is 0 Å². The monoisotopic (exact) mass is 305 g/mol. The first-order chi connectivity index (χ1) is 10.5. The molecule has 0 fully saturated rings. The average molecular weight is 305 g/mol. The second kappa shape index (κ2) is 6.57. The van der Waals surface area contributed by atoms with Crippen molar-refractivity contribution >= 4 is 11.9 Å². The predicted molar refractivity (Wildman–Crippen MR) is 78.2 cm³/mol. The second-order valence-corrected chi connectivity index (χ2v) is 4.18. The molecule has 1 aromatic heterocycles. The average Bonchev–Trinajstić information content (AvgIpc) is 2.52. The third-order valence-corrected chi connectivity index (χ3v) is 2.70. The highest BCUT2D eigenvalue weighted by atomic mass is 16.5. The van der Waals surface area contributed by atoms with Gasteiger partial charge in [-0.2, -0.15) is 4.98 Å². The maximum atomic E-state index is 12.0. The summed E-state index contributed by atoms with van der Waals surface area (Å²) in [5.74, 6) is 0.695. The fourth-order valence-electron chi connectivity index (χ4n) is 1.69. The molecule has 0 radical (unpaired) electrons. The Hall–Kier alpha value is -3.10. The van der Waals surface area contributed by atoms with Gasteiger partial charge in [-0.05, 0) is 12.1 Å². The highest BCUT2D eigenvalue weighted by molar-refractivity contribution is 5.73. The Morgan fingerprint density at radius 1 is 1.23 bits per heavy atom. The molecule has 116 valence electrons. The van der Waals surface area contributed by atoms with Crippen molar-refractivity contribution in [1.82, 2.24) is 20.0 Å². The number of amides is 1. The Balaban J connectivity index is 2.33. The number of anilines is 1. The summed E-state index contributed by atoms with van der Waals surface area (Å²) >= 11 is 0. The van der Waals surface area contributed by atoms with Crippen molar-refractivity contribution in [1.29, 1.82) is 0 Å². The first-order valence-corrected chi connectivity index (χ1v) is 6.26. The number of nitrogens with zero attached hydrogens (tertiary/aromatic N) is 3. The van der Waals surface area contributed by atoms with Gasteiger partial charge in [-0.3, -0.25) is 20.2 Å². The minimum absolute atomic E-state index is 0.00285. The van der Waals surface area contributed by atoms with Crippen LogP contribution in [0.25, 0.3) is 5.69 Å². The number of benzene rings is 1. The smallest absolute Gasteiger partial charge is 0.356 e. The number of nitrogens with one attached hydrogen (secondary N) is 2. The van der Waals surface area contributed by atoms with Gasteiger partial charge in [-0.1, -0.05) is 0 Å². The zero-order chi connectivity index (χ0) is 16.1. The van der Waals surface area contributed by atoms with E-state index in [1.165, 1.54) is 32.0 Å². The van der Waals surface area contributed by atoms with Crippen LogP contribution < -0.4 is 26.0 Å². The van der Waals surface area contributed by atoms with Crippen LogP contribution >= 0.6 is 0 Å². The largest absolute Gasteiger partial charge is 0.493 e. The number of carbonyl (C=O) groups excluding carboxylic acids is 1. The van der Waals surface area contributed by atoms with Gasteiger partial charge in [0.2, 0.25) is 11.9 Å². The lowest BCUT2D eigenvalue weighted by Crippen LogP contribution is -2.31. The molecule has 2 aromatic rings. The molecule has 0 spiro atoms. The summed E-state index contributed by atoms with van der Waals surface area (Å²) in [7, 11) is 3.02. The van der Waals surface area contributed by atoms with Gasteiger partial charge >= 0.3 is 5.69 Å². The van der Waals surface area contributed by atoms with Crippen LogP contribution in [-0.4, -0.2) is 34.7 Å². The molecular formula is C13H15N5O4. The van der Waals surface area contributed by atoms with E-state index in [1.807, 2.05) is 0 Å². The topological polar surface area (TPSA) is 107 Å². The molecule has 0 atom stereocenters. The molecule has 9 heteroatoms. The van der Waals surface area contributed by atoms with Crippen LogP contribution in [0.2, 0.25) is 0 Å². The van der Waals surface area contributed by atoms with Gasteiger partial charge in [0.15, 0.2) is 11.5 Å². The Morgan fingerprint density at radius 3 is 2.55 bits per heavy atom. The number of hydrogen-bond acceptors (Lipinski definition) is 7. The van der Waals surface area contributed by atoms with Crippen LogP contribution in [0, 0.1) is 0 Å². The number of carbonyl (C=O) groups is 1. The van der Waals surface area contributed by atoms with Crippen LogP contribution in [0.4, 0.5) is 5.95 Å². The van der Waals surface area contributed by atoms with Gasteiger partial charge in [-0.15, -0.1) is 0 Å². The quantitative estimate of drug-likeness (QED) is 0.755. The second-order valence-electron chi connectivity index (χ2n) is 4.18. The Labute approximate surface area is 125 Å². The van der Waals surface area contributed by atoms with Crippen molar-refractivity contribution in [3.05, 3.63) is 35.0 Å². The molecule has 22 heavy (non-hydrogen) atoms. The van der Waals surface area contributed by atoms with Crippen molar-refractivity contribution in [2.45, 2.75) is 6.92 Å². The summed E-state index contributed by atoms with van der Waals surface area (Å²) in [4.78, 5) is 30.5. The number of methoxy groups -OCH3 is 2. The summed E-state index contributed by atoms with van der Waals surface area (Å²) in [6, 6.07) is 4.97. The zero-order valence-electron chi connectivity index (χ0n) is 12.3. The molecule has 2 rings (SSSR count). The van der Waals surface area contributed by atoms with Crippen LogP contribution in [0.3, 0.4) is 0 Å². The van der Waals surface area contributed by atoms with Crippen molar-refractivity contribution in [2.75, 3.05) is 19.6 Å². The first kappa shape index (κ1) is 15.3. The normalized spacial score (nSPS) is 9.95. The van der Waals surface area contributed by atoms with E-state index in [1.54, 1.807) is 18.2 Å². The molecule has 1 aromatic carbocycles. The van der Waals surface area contributed by atoms with Gasteiger partial charge in [-0.25, -0.2) is 9.78 Å². The van der Waals surface area contributed by atoms with E-state index in [-0.39, 0.29) is 11.9 Å². The van der Waals surface area contributed by atoms with Crippen molar-refractivity contribution in [3.8, 4) is 17.2 Å². The Kier molecular flexibility index (Phi) is 4.57. The van der Waals surface area contributed by atoms with Crippen molar-refractivity contribution < 1.29 is 14.3 Å². The Morgan fingerprint density at radius 2 is 1.95 bits per heavy atom. The van der Waals surface area contributed by atoms with Gasteiger partial charge < -0.3 is 9.47 Å². The minimum Gasteiger partial charge on any atom is -0.493 e. The van der Waals surface area contributed by atoms with Crippen LogP contribution in [0.5, 0.6) is 11.5 Å². The van der Waals surface area contributed by atoms with E-state index >= 15 is 0 Å². The summed E-state index contributed by atoms with van der Waals surface area (Å²) in [6.07, 6.45) is 1.29. The SMILES string of the molecule is COc1ccc(-n2cnc(NNC(C)=O)nc2=O)cc1OC. The Bertz CT molecular complexity index is 743. The number of hydrogen-bond donors (Lipinski definition) is 2. The molecule has 0 aliphatic carbocycles. The molecule has 0 bridgehead atoms. The molecule has 1 heterocycles. The van der Waals surface area contributed by atoms with Crippen molar-refractivity contribution in [3.63, 3.8) is 0 Å². The standard InChI is InChI=1S/C13H15N5O4/c1-8(19)16-17-12-14-7-18(13(20)15-12)9-4-5-10(21-2)11(6-9)22-3/h4-7H,1-3H3,(H,16,19)(H,15,17,20). The summed E-state index contributed by atoms with van der Waals surface area (Å²) in [5.41, 5.74) is 4.67. The van der Waals surface area contributed by atoms with Gasteiger partial charge in [0.1, 0.15) is 6.33 Å². The van der Waals surface area contributed by atoms with Crippen LogP contribution in [-0.2, 0) is 4.79 Å². The highest BCUT2D eigenvalue weighted by Crippen LogP contribution is 2.28. The third-order valence-electron chi connectivity index (χ3n) is 2.70. The number of ether oxygens (including phenoxy) is 2. The minimum atomic E-state index is -0.560. The summed E-state index contributed by atoms with van der Waals surface area (Å²) < 4.78 is 11.6. The summed E-state index contributed by atoms with van der Waals surface area (Å²) in [6.45, 7) is 1.32. The van der Waals surface area contributed by atoms with Gasteiger partial charge in [0.05, 0.1) is 19.9 Å². The molecular weight excluding hydrogens is 290 g/mol. The molecule has 2 N–H and O–H groups in total. The predicted octanol–water partition coefficient (Wildman–Crippen LogP) is 0.108. The van der Waals surface area contributed by atoms with E-state index in [2.05, 4.69) is 20.8 Å². The summed E-state index contributed by atoms with van der Waals surface area (Å²) in [5, 5.41) is 0. The van der Waals surface area contributed by atoms with E-state index in [0.717, 1.165) is 0 Å². The molecule has 0 aliphatic rings. The zero-order valence-corrected chi connectivity index (χ0v) is 12.3.